The topological polar surface area (TPSA) is 81.3 Å². The summed E-state index contributed by atoms with van der Waals surface area (Å²) in [6.07, 6.45) is 2.03. The van der Waals surface area contributed by atoms with Crippen molar-refractivity contribution in [2.75, 3.05) is 13.2 Å². The van der Waals surface area contributed by atoms with Gasteiger partial charge in [0, 0.05) is 0 Å². The summed E-state index contributed by atoms with van der Waals surface area (Å²) >= 11 is 1.26. The van der Waals surface area contributed by atoms with Crippen molar-refractivity contribution >= 4 is 23.7 Å². The Morgan fingerprint density at radius 3 is 2.62 bits per heavy atom. The number of rotatable bonds is 8. The molecule has 6 nitrogen and oxygen atoms in total. The average molecular weight is 314 g/mol. The second-order valence-corrected chi connectivity index (χ2v) is 6.05. The number of imidazole rings is 1. The number of aromatic nitrogens is 2. The second-order valence-electron chi connectivity index (χ2n) is 4.86. The van der Waals surface area contributed by atoms with E-state index in [0.717, 1.165) is 0 Å². The first kappa shape index (κ1) is 17.6. The molecule has 0 fully saturated rings. The Hall–Kier alpha value is -1.50. The van der Waals surface area contributed by atoms with Gasteiger partial charge >= 0.3 is 11.9 Å². The first-order valence-corrected chi connectivity index (χ1v) is 7.91. The van der Waals surface area contributed by atoms with Crippen molar-refractivity contribution in [2.24, 2.45) is 5.92 Å². The van der Waals surface area contributed by atoms with Gasteiger partial charge in [0.15, 0.2) is 5.16 Å². The first-order valence-electron chi connectivity index (χ1n) is 7.03. The number of carbonyl (C=O) groups is 2. The van der Waals surface area contributed by atoms with Crippen LogP contribution in [0.2, 0.25) is 0 Å². The molecule has 0 aromatic carbocycles. The third-order valence-corrected chi connectivity index (χ3v) is 3.74. The van der Waals surface area contributed by atoms with Crippen LogP contribution in [0.5, 0.6) is 0 Å². The molecule has 1 unspecified atom stereocenters. The minimum absolute atomic E-state index is 0.259. The molecule has 1 aromatic rings. The standard InChI is InChI=1S/C14H22N2O4S/c1-5-11(13(18)20-8-9(3)4)21-14-15-7-10(16-14)12(17)19-6-2/h7,9,11H,5-6,8H2,1-4H3,(H,15,16). The summed E-state index contributed by atoms with van der Waals surface area (Å²) in [6, 6.07) is 0. The molecule has 1 aromatic heterocycles. The number of hydrogen-bond donors (Lipinski definition) is 1. The van der Waals surface area contributed by atoms with E-state index < -0.39 is 5.97 Å². The molecular weight excluding hydrogens is 292 g/mol. The van der Waals surface area contributed by atoms with Gasteiger partial charge in [-0.1, -0.05) is 32.5 Å². The normalized spacial score (nSPS) is 12.2. The van der Waals surface area contributed by atoms with Gasteiger partial charge in [-0.15, -0.1) is 0 Å². The largest absolute Gasteiger partial charge is 0.465 e. The van der Waals surface area contributed by atoms with E-state index in [0.29, 0.717) is 30.7 Å². The molecule has 1 heterocycles. The quantitative estimate of drug-likeness (QED) is 0.587. The fourth-order valence-corrected chi connectivity index (χ4v) is 2.33. The van der Waals surface area contributed by atoms with Crippen molar-refractivity contribution < 1.29 is 19.1 Å². The number of carbonyl (C=O) groups excluding carboxylic acids is 2. The van der Waals surface area contributed by atoms with Crippen molar-refractivity contribution in [1.82, 2.24) is 9.97 Å². The van der Waals surface area contributed by atoms with Crippen LogP contribution >= 0.6 is 11.8 Å². The van der Waals surface area contributed by atoms with E-state index in [1.807, 2.05) is 20.8 Å². The van der Waals surface area contributed by atoms with E-state index >= 15 is 0 Å². The highest BCUT2D eigenvalue weighted by Crippen LogP contribution is 2.24. The van der Waals surface area contributed by atoms with Crippen LogP contribution in [0, 0.1) is 5.92 Å². The van der Waals surface area contributed by atoms with Gasteiger partial charge in [0.05, 0.1) is 19.4 Å². The van der Waals surface area contributed by atoms with E-state index in [9.17, 15) is 9.59 Å². The molecule has 0 bridgehead atoms. The Morgan fingerprint density at radius 1 is 1.33 bits per heavy atom. The molecule has 21 heavy (non-hydrogen) atoms. The molecule has 0 spiro atoms. The molecule has 1 N–H and O–H groups in total. The van der Waals surface area contributed by atoms with E-state index in [1.165, 1.54) is 18.0 Å². The minimum Gasteiger partial charge on any atom is -0.465 e. The molecule has 0 amide bonds. The molecule has 0 aliphatic rings. The zero-order valence-electron chi connectivity index (χ0n) is 12.8. The predicted octanol–water partition coefficient (Wildman–Crippen LogP) is 2.66. The van der Waals surface area contributed by atoms with Gasteiger partial charge in [-0.3, -0.25) is 4.79 Å². The van der Waals surface area contributed by atoms with E-state index in [4.69, 9.17) is 9.47 Å². The lowest BCUT2D eigenvalue weighted by Gasteiger charge is -2.13. The number of H-pyrrole nitrogens is 1. The van der Waals surface area contributed by atoms with Gasteiger partial charge in [-0.2, -0.15) is 0 Å². The number of nitrogens with zero attached hydrogens (tertiary/aromatic N) is 1. The molecule has 1 atom stereocenters. The van der Waals surface area contributed by atoms with Crippen LogP contribution in [0.3, 0.4) is 0 Å². The number of hydrogen-bond acceptors (Lipinski definition) is 6. The number of esters is 2. The third-order valence-electron chi connectivity index (χ3n) is 2.49. The zero-order chi connectivity index (χ0) is 15.8. The lowest BCUT2D eigenvalue weighted by molar-refractivity contribution is -0.144. The Balaban J connectivity index is 2.61. The molecular formula is C14H22N2O4S. The monoisotopic (exact) mass is 314 g/mol. The van der Waals surface area contributed by atoms with Crippen molar-refractivity contribution in [2.45, 2.75) is 44.5 Å². The maximum absolute atomic E-state index is 11.9. The fourth-order valence-electron chi connectivity index (χ4n) is 1.45. The molecule has 7 heteroatoms. The summed E-state index contributed by atoms with van der Waals surface area (Å²) in [5.74, 6) is -0.409. The van der Waals surface area contributed by atoms with Crippen LogP contribution in [0.15, 0.2) is 11.4 Å². The zero-order valence-corrected chi connectivity index (χ0v) is 13.7. The van der Waals surface area contributed by atoms with Crippen LogP contribution < -0.4 is 0 Å². The van der Waals surface area contributed by atoms with E-state index in [1.54, 1.807) is 6.92 Å². The van der Waals surface area contributed by atoms with E-state index in [2.05, 4.69) is 9.97 Å². The summed E-state index contributed by atoms with van der Waals surface area (Å²) in [6.45, 7) is 8.33. The molecule has 0 saturated carbocycles. The molecule has 1 rings (SSSR count). The van der Waals surface area contributed by atoms with Gasteiger partial charge in [0.2, 0.25) is 0 Å². The number of aromatic amines is 1. The highest BCUT2D eigenvalue weighted by molar-refractivity contribution is 8.00. The van der Waals surface area contributed by atoms with Crippen molar-refractivity contribution in [3.63, 3.8) is 0 Å². The van der Waals surface area contributed by atoms with E-state index in [-0.39, 0.29) is 16.9 Å². The van der Waals surface area contributed by atoms with Crippen molar-refractivity contribution in [3.8, 4) is 0 Å². The third kappa shape index (κ3) is 5.79. The maximum Gasteiger partial charge on any atom is 0.356 e. The van der Waals surface area contributed by atoms with Crippen molar-refractivity contribution in [1.29, 1.82) is 0 Å². The Kier molecular flexibility index (Phi) is 7.28. The predicted molar refractivity (Wildman–Crippen MR) is 80.3 cm³/mol. The Labute approximate surface area is 129 Å². The Morgan fingerprint density at radius 2 is 2.05 bits per heavy atom. The van der Waals surface area contributed by atoms with Crippen LogP contribution in [-0.2, 0) is 14.3 Å². The maximum atomic E-state index is 11.9. The van der Waals surface area contributed by atoms with Crippen LogP contribution in [0.1, 0.15) is 44.6 Å². The average Bonchev–Trinajstić information content (AvgIpc) is 2.91. The Bertz CT molecular complexity index is 473. The summed E-state index contributed by atoms with van der Waals surface area (Å²) in [4.78, 5) is 30.4. The molecule has 0 aliphatic carbocycles. The second kappa shape index (κ2) is 8.71. The fraction of sp³-hybridized carbons (Fsp3) is 0.643. The SMILES string of the molecule is CCOC(=O)c1cnc(SC(CC)C(=O)OCC(C)C)[nH]1. The molecule has 0 aliphatic heterocycles. The minimum atomic E-state index is -0.452. The summed E-state index contributed by atoms with van der Waals surface area (Å²) < 4.78 is 10.1. The smallest absolute Gasteiger partial charge is 0.356 e. The first-order chi connectivity index (χ1) is 9.97. The van der Waals surface area contributed by atoms with Gasteiger partial charge in [0.1, 0.15) is 10.9 Å². The summed E-state index contributed by atoms with van der Waals surface area (Å²) in [5.41, 5.74) is 0.282. The number of thioether (sulfide) groups is 1. The van der Waals surface area contributed by atoms with Crippen LogP contribution in [0.25, 0.3) is 0 Å². The molecule has 118 valence electrons. The molecule has 0 saturated heterocycles. The lowest BCUT2D eigenvalue weighted by Crippen LogP contribution is -2.21. The van der Waals surface area contributed by atoms with Gasteiger partial charge in [-0.25, -0.2) is 9.78 Å². The van der Waals surface area contributed by atoms with Crippen LogP contribution in [0.4, 0.5) is 0 Å². The highest BCUT2D eigenvalue weighted by Gasteiger charge is 2.22. The lowest BCUT2D eigenvalue weighted by atomic mass is 10.2. The van der Waals surface area contributed by atoms with Crippen LogP contribution in [-0.4, -0.2) is 40.4 Å². The van der Waals surface area contributed by atoms with Gasteiger partial charge < -0.3 is 14.5 Å². The number of ether oxygens (including phenoxy) is 2. The van der Waals surface area contributed by atoms with Crippen molar-refractivity contribution in [3.05, 3.63) is 11.9 Å². The molecule has 0 radical (unpaired) electrons. The summed E-state index contributed by atoms with van der Waals surface area (Å²) in [5, 5.41) is 0.163. The van der Waals surface area contributed by atoms with Gasteiger partial charge in [-0.05, 0) is 19.3 Å². The number of nitrogens with one attached hydrogen (secondary N) is 1. The highest BCUT2D eigenvalue weighted by atomic mass is 32.2. The summed E-state index contributed by atoms with van der Waals surface area (Å²) in [7, 11) is 0. The van der Waals surface area contributed by atoms with Gasteiger partial charge in [0.25, 0.3) is 0 Å².